The lowest BCUT2D eigenvalue weighted by atomic mass is 9.86. The van der Waals surface area contributed by atoms with E-state index in [4.69, 9.17) is 10.8 Å². The number of carbonyl (C=O) groups is 1. The smallest absolute Gasteiger partial charge is 0.335 e. The van der Waals surface area contributed by atoms with Crippen LogP contribution in [0.3, 0.4) is 0 Å². The van der Waals surface area contributed by atoms with Gasteiger partial charge < -0.3 is 16.2 Å². The van der Waals surface area contributed by atoms with Crippen molar-refractivity contribution in [2.45, 2.75) is 18.9 Å². The first-order valence-corrected chi connectivity index (χ1v) is 5.98. The van der Waals surface area contributed by atoms with E-state index in [2.05, 4.69) is 5.32 Å². The van der Waals surface area contributed by atoms with Gasteiger partial charge in [-0.15, -0.1) is 0 Å². The van der Waals surface area contributed by atoms with Crippen molar-refractivity contribution in [2.24, 2.45) is 11.7 Å². The third-order valence-electron chi connectivity index (χ3n) is 3.41. The molecule has 1 unspecified atom stereocenters. The molecule has 0 aliphatic carbocycles. The van der Waals surface area contributed by atoms with Crippen LogP contribution in [0.4, 0.5) is 0 Å². The molecule has 1 aliphatic heterocycles. The summed E-state index contributed by atoms with van der Waals surface area (Å²) in [6.07, 6.45) is 2.11. The van der Waals surface area contributed by atoms with Gasteiger partial charge in [0, 0.05) is 6.04 Å². The number of nitrogens with two attached hydrogens (primary N) is 1. The Morgan fingerprint density at radius 3 is 2.76 bits per heavy atom. The van der Waals surface area contributed by atoms with E-state index >= 15 is 0 Å². The van der Waals surface area contributed by atoms with E-state index in [1.54, 1.807) is 18.2 Å². The summed E-state index contributed by atoms with van der Waals surface area (Å²) >= 11 is 0. The zero-order valence-corrected chi connectivity index (χ0v) is 9.73. The summed E-state index contributed by atoms with van der Waals surface area (Å²) < 4.78 is 0. The number of rotatable bonds is 3. The van der Waals surface area contributed by atoms with Gasteiger partial charge in [0.1, 0.15) is 0 Å². The van der Waals surface area contributed by atoms with E-state index in [1.165, 1.54) is 0 Å². The van der Waals surface area contributed by atoms with Gasteiger partial charge >= 0.3 is 5.97 Å². The van der Waals surface area contributed by atoms with Crippen molar-refractivity contribution in [3.8, 4) is 0 Å². The van der Waals surface area contributed by atoms with Gasteiger partial charge in [0.05, 0.1) is 5.56 Å². The summed E-state index contributed by atoms with van der Waals surface area (Å²) in [5, 5.41) is 12.3. The van der Waals surface area contributed by atoms with Crippen LogP contribution in [0.5, 0.6) is 0 Å². The molecule has 4 N–H and O–H groups in total. The van der Waals surface area contributed by atoms with Crippen LogP contribution in [0.2, 0.25) is 0 Å². The lowest BCUT2D eigenvalue weighted by molar-refractivity contribution is 0.0696. The van der Waals surface area contributed by atoms with Gasteiger partial charge in [-0.2, -0.15) is 0 Å². The third-order valence-corrected chi connectivity index (χ3v) is 3.41. The third kappa shape index (κ3) is 2.84. The fourth-order valence-electron chi connectivity index (χ4n) is 2.35. The Balaban J connectivity index is 2.14. The fraction of sp³-hybridized carbons (Fsp3) is 0.462. The van der Waals surface area contributed by atoms with Gasteiger partial charge in [-0.1, -0.05) is 12.1 Å². The maximum atomic E-state index is 10.9. The first-order chi connectivity index (χ1) is 8.18. The highest BCUT2D eigenvalue weighted by Gasteiger charge is 2.22. The Morgan fingerprint density at radius 2 is 2.12 bits per heavy atom. The number of hydrogen-bond donors (Lipinski definition) is 3. The molecule has 1 heterocycles. The number of aromatic carboxylic acids is 1. The molecule has 1 atom stereocenters. The van der Waals surface area contributed by atoms with Gasteiger partial charge in [0.2, 0.25) is 0 Å². The summed E-state index contributed by atoms with van der Waals surface area (Å²) in [7, 11) is 0. The Hall–Kier alpha value is -1.39. The number of nitrogens with one attached hydrogen (secondary N) is 1. The number of hydrogen-bond acceptors (Lipinski definition) is 3. The lowest BCUT2D eigenvalue weighted by Gasteiger charge is -2.28. The molecule has 0 amide bonds. The van der Waals surface area contributed by atoms with Crippen LogP contribution >= 0.6 is 0 Å². The van der Waals surface area contributed by atoms with Crippen LogP contribution in [-0.4, -0.2) is 24.2 Å². The molecule has 1 aromatic rings. The molecule has 0 radical (unpaired) electrons. The first-order valence-electron chi connectivity index (χ1n) is 5.98. The lowest BCUT2D eigenvalue weighted by Crippen LogP contribution is -2.33. The molecular weight excluding hydrogens is 216 g/mol. The molecule has 17 heavy (non-hydrogen) atoms. The molecule has 0 bridgehead atoms. The van der Waals surface area contributed by atoms with E-state index in [0.29, 0.717) is 11.5 Å². The molecule has 0 saturated carbocycles. The van der Waals surface area contributed by atoms with Crippen molar-refractivity contribution in [3.05, 3.63) is 35.4 Å². The van der Waals surface area contributed by atoms with Crippen molar-refractivity contribution in [2.75, 3.05) is 13.1 Å². The summed E-state index contributed by atoms with van der Waals surface area (Å²) in [6.45, 7) is 1.99. The normalized spacial score (nSPS) is 18.9. The first kappa shape index (κ1) is 12.1. The maximum absolute atomic E-state index is 10.9. The van der Waals surface area contributed by atoms with Crippen LogP contribution in [0, 0.1) is 5.92 Å². The van der Waals surface area contributed by atoms with E-state index in [9.17, 15) is 4.79 Å². The minimum Gasteiger partial charge on any atom is -0.478 e. The molecule has 0 aromatic heterocycles. The molecule has 92 valence electrons. The topological polar surface area (TPSA) is 75.4 Å². The Bertz CT molecular complexity index is 400. The average molecular weight is 234 g/mol. The Kier molecular flexibility index (Phi) is 3.76. The second-order valence-corrected chi connectivity index (χ2v) is 4.54. The van der Waals surface area contributed by atoms with E-state index in [0.717, 1.165) is 31.5 Å². The van der Waals surface area contributed by atoms with Gasteiger partial charge in [-0.3, -0.25) is 0 Å². The van der Waals surface area contributed by atoms with Gasteiger partial charge in [0.25, 0.3) is 0 Å². The predicted molar refractivity (Wildman–Crippen MR) is 65.9 cm³/mol. The number of carboxylic acids is 1. The Labute approximate surface area is 101 Å². The molecular formula is C13H18N2O2. The second kappa shape index (κ2) is 5.29. The molecule has 4 heteroatoms. The zero-order chi connectivity index (χ0) is 12.3. The summed E-state index contributed by atoms with van der Waals surface area (Å²) in [5.74, 6) is -0.454. The molecule has 1 fully saturated rings. The minimum atomic E-state index is -0.899. The van der Waals surface area contributed by atoms with E-state index in [-0.39, 0.29) is 6.04 Å². The van der Waals surface area contributed by atoms with Crippen molar-refractivity contribution >= 4 is 5.97 Å². The summed E-state index contributed by atoms with van der Waals surface area (Å²) in [4.78, 5) is 10.9. The highest BCUT2D eigenvalue weighted by molar-refractivity contribution is 5.87. The Morgan fingerprint density at radius 1 is 1.41 bits per heavy atom. The minimum absolute atomic E-state index is 0.0589. The van der Waals surface area contributed by atoms with Crippen LogP contribution < -0.4 is 11.1 Å². The highest BCUT2D eigenvalue weighted by atomic mass is 16.4. The van der Waals surface area contributed by atoms with E-state index in [1.807, 2.05) is 6.07 Å². The predicted octanol–water partition coefficient (Wildman–Crippen LogP) is 1.38. The quantitative estimate of drug-likeness (QED) is 0.738. The summed E-state index contributed by atoms with van der Waals surface area (Å²) in [5.41, 5.74) is 7.46. The van der Waals surface area contributed by atoms with Crippen molar-refractivity contribution in [1.82, 2.24) is 5.32 Å². The highest BCUT2D eigenvalue weighted by Crippen LogP contribution is 2.27. The van der Waals surface area contributed by atoms with Crippen LogP contribution in [0.1, 0.15) is 34.8 Å². The van der Waals surface area contributed by atoms with Crippen LogP contribution in [0.15, 0.2) is 24.3 Å². The van der Waals surface area contributed by atoms with Crippen molar-refractivity contribution in [3.63, 3.8) is 0 Å². The zero-order valence-electron chi connectivity index (χ0n) is 9.73. The van der Waals surface area contributed by atoms with Crippen LogP contribution in [0.25, 0.3) is 0 Å². The SMILES string of the molecule is NC(c1cccc(C(=O)O)c1)C1CCNCC1. The molecule has 4 nitrogen and oxygen atoms in total. The van der Waals surface area contributed by atoms with Gasteiger partial charge in [-0.25, -0.2) is 4.79 Å². The molecule has 1 aromatic carbocycles. The monoisotopic (exact) mass is 234 g/mol. The van der Waals surface area contributed by atoms with Crippen molar-refractivity contribution < 1.29 is 9.90 Å². The van der Waals surface area contributed by atoms with Crippen LogP contribution in [-0.2, 0) is 0 Å². The fourth-order valence-corrected chi connectivity index (χ4v) is 2.35. The van der Waals surface area contributed by atoms with E-state index < -0.39 is 5.97 Å². The summed E-state index contributed by atoms with van der Waals surface area (Å²) in [6, 6.07) is 6.91. The number of benzene rings is 1. The molecule has 2 rings (SSSR count). The second-order valence-electron chi connectivity index (χ2n) is 4.54. The van der Waals surface area contributed by atoms with Gasteiger partial charge in [-0.05, 0) is 49.5 Å². The standard InChI is InChI=1S/C13H18N2O2/c14-12(9-4-6-15-7-5-9)10-2-1-3-11(8-10)13(16)17/h1-3,8-9,12,15H,4-7,14H2,(H,16,17). The maximum Gasteiger partial charge on any atom is 0.335 e. The molecule has 0 spiro atoms. The molecule has 1 aliphatic rings. The van der Waals surface area contributed by atoms with Gasteiger partial charge in [0.15, 0.2) is 0 Å². The number of piperidine rings is 1. The number of carboxylic acid groups (broad SMARTS) is 1. The average Bonchev–Trinajstić information content (AvgIpc) is 2.39. The van der Waals surface area contributed by atoms with Crippen molar-refractivity contribution in [1.29, 1.82) is 0 Å². The largest absolute Gasteiger partial charge is 0.478 e. The molecule has 1 saturated heterocycles.